The minimum atomic E-state index is -0.707. The van der Waals surface area contributed by atoms with Crippen LogP contribution >= 0.6 is 0 Å². The fourth-order valence-corrected chi connectivity index (χ4v) is 1.72. The molecule has 0 aliphatic heterocycles. The molecule has 0 saturated carbocycles. The number of rotatable bonds is 5. The van der Waals surface area contributed by atoms with E-state index in [2.05, 4.69) is 5.32 Å². The fourth-order valence-electron chi connectivity index (χ4n) is 1.72. The van der Waals surface area contributed by atoms with Crippen molar-refractivity contribution in [2.75, 3.05) is 12.4 Å². The van der Waals surface area contributed by atoms with Gasteiger partial charge >= 0.3 is 0 Å². The van der Waals surface area contributed by atoms with E-state index in [9.17, 15) is 9.18 Å². The normalized spacial score (nSPS) is 11.6. The lowest BCUT2D eigenvalue weighted by molar-refractivity contribution is -0.122. The van der Waals surface area contributed by atoms with Crippen LogP contribution in [0.2, 0.25) is 0 Å². The third-order valence-corrected chi connectivity index (χ3v) is 2.83. The van der Waals surface area contributed by atoms with Crippen LogP contribution < -0.4 is 14.8 Å². The first-order valence-electron chi connectivity index (χ1n) is 6.45. The molecule has 5 heteroatoms. The van der Waals surface area contributed by atoms with Gasteiger partial charge in [-0.05, 0) is 43.3 Å². The monoisotopic (exact) mass is 289 g/mol. The highest BCUT2D eigenvalue weighted by atomic mass is 19.1. The van der Waals surface area contributed by atoms with E-state index in [0.29, 0.717) is 17.2 Å². The molecule has 0 aromatic heterocycles. The molecule has 0 radical (unpaired) electrons. The zero-order valence-electron chi connectivity index (χ0n) is 11.8. The molecule has 0 spiro atoms. The SMILES string of the molecule is COc1cccc(NC(=O)C(C)Oc2ccc(F)cc2)c1. The molecule has 110 valence electrons. The van der Waals surface area contributed by atoms with Gasteiger partial charge in [0.25, 0.3) is 5.91 Å². The van der Waals surface area contributed by atoms with Crippen molar-refractivity contribution in [3.05, 3.63) is 54.3 Å². The summed E-state index contributed by atoms with van der Waals surface area (Å²) < 4.78 is 23.3. The molecule has 1 amide bonds. The van der Waals surface area contributed by atoms with Crippen molar-refractivity contribution >= 4 is 11.6 Å². The number of nitrogens with one attached hydrogen (secondary N) is 1. The number of hydrogen-bond donors (Lipinski definition) is 1. The smallest absolute Gasteiger partial charge is 0.265 e. The predicted octanol–water partition coefficient (Wildman–Crippen LogP) is 3.24. The van der Waals surface area contributed by atoms with E-state index in [4.69, 9.17) is 9.47 Å². The van der Waals surface area contributed by atoms with E-state index in [1.807, 2.05) is 0 Å². The molecule has 0 heterocycles. The zero-order valence-corrected chi connectivity index (χ0v) is 11.8. The van der Waals surface area contributed by atoms with Gasteiger partial charge in [-0.1, -0.05) is 6.07 Å². The molecular weight excluding hydrogens is 273 g/mol. The topological polar surface area (TPSA) is 47.6 Å². The molecule has 1 N–H and O–H groups in total. The van der Waals surface area contributed by atoms with Crippen molar-refractivity contribution in [3.63, 3.8) is 0 Å². The standard InChI is InChI=1S/C16H16FNO3/c1-11(21-14-8-6-12(17)7-9-14)16(19)18-13-4-3-5-15(10-13)20-2/h3-11H,1-2H3,(H,18,19). The summed E-state index contributed by atoms with van der Waals surface area (Å²) >= 11 is 0. The molecule has 2 aromatic rings. The highest BCUT2D eigenvalue weighted by Crippen LogP contribution is 2.18. The molecule has 0 fully saturated rings. The van der Waals surface area contributed by atoms with Crippen LogP contribution in [0.4, 0.5) is 10.1 Å². The lowest BCUT2D eigenvalue weighted by atomic mass is 10.2. The summed E-state index contributed by atoms with van der Waals surface area (Å²) in [5.74, 6) is 0.438. The average molecular weight is 289 g/mol. The number of benzene rings is 2. The molecule has 2 rings (SSSR count). The lowest BCUT2D eigenvalue weighted by Gasteiger charge is -2.15. The van der Waals surface area contributed by atoms with Crippen molar-refractivity contribution in [1.82, 2.24) is 0 Å². The van der Waals surface area contributed by atoms with E-state index < -0.39 is 6.10 Å². The van der Waals surface area contributed by atoms with Crippen LogP contribution in [0.1, 0.15) is 6.92 Å². The van der Waals surface area contributed by atoms with Crippen LogP contribution in [0.15, 0.2) is 48.5 Å². The summed E-state index contributed by atoms with van der Waals surface area (Å²) in [6.45, 7) is 1.62. The van der Waals surface area contributed by atoms with Crippen LogP contribution in [-0.4, -0.2) is 19.1 Å². The number of carbonyl (C=O) groups excluding carboxylic acids is 1. The third-order valence-electron chi connectivity index (χ3n) is 2.83. The van der Waals surface area contributed by atoms with Gasteiger partial charge in [0.05, 0.1) is 7.11 Å². The molecule has 2 aromatic carbocycles. The Hall–Kier alpha value is -2.56. The number of methoxy groups -OCH3 is 1. The Balaban J connectivity index is 1.97. The average Bonchev–Trinajstić information content (AvgIpc) is 2.49. The summed E-state index contributed by atoms with van der Waals surface area (Å²) in [5, 5.41) is 2.73. The second-order valence-electron chi connectivity index (χ2n) is 4.44. The summed E-state index contributed by atoms with van der Waals surface area (Å²) in [5.41, 5.74) is 0.619. The minimum absolute atomic E-state index is 0.299. The van der Waals surface area contributed by atoms with Crippen molar-refractivity contribution in [1.29, 1.82) is 0 Å². The number of anilines is 1. The Bertz CT molecular complexity index is 613. The van der Waals surface area contributed by atoms with E-state index in [1.165, 1.54) is 24.3 Å². The molecule has 1 unspecified atom stereocenters. The Morgan fingerprint density at radius 1 is 1.14 bits per heavy atom. The maximum absolute atomic E-state index is 12.8. The van der Waals surface area contributed by atoms with Crippen molar-refractivity contribution in [2.24, 2.45) is 0 Å². The van der Waals surface area contributed by atoms with Gasteiger partial charge in [-0.15, -0.1) is 0 Å². The predicted molar refractivity (Wildman–Crippen MR) is 78.1 cm³/mol. The first-order chi connectivity index (χ1) is 10.1. The second kappa shape index (κ2) is 6.74. The Labute approximate surface area is 122 Å². The Kier molecular flexibility index (Phi) is 4.77. The van der Waals surface area contributed by atoms with E-state index >= 15 is 0 Å². The summed E-state index contributed by atoms with van der Waals surface area (Å²) in [4.78, 5) is 12.0. The maximum Gasteiger partial charge on any atom is 0.265 e. The minimum Gasteiger partial charge on any atom is -0.497 e. The van der Waals surface area contributed by atoms with Gasteiger partial charge in [-0.3, -0.25) is 4.79 Å². The summed E-state index contributed by atoms with van der Waals surface area (Å²) in [6.07, 6.45) is -0.707. The van der Waals surface area contributed by atoms with Crippen LogP contribution in [0.25, 0.3) is 0 Å². The zero-order chi connectivity index (χ0) is 15.2. The van der Waals surface area contributed by atoms with Crippen molar-refractivity contribution < 1.29 is 18.7 Å². The first kappa shape index (κ1) is 14.8. The number of amides is 1. The largest absolute Gasteiger partial charge is 0.497 e. The van der Waals surface area contributed by atoms with Gasteiger partial charge < -0.3 is 14.8 Å². The number of carbonyl (C=O) groups is 1. The van der Waals surface area contributed by atoms with E-state index in [1.54, 1.807) is 38.3 Å². The molecule has 4 nitrogen and oxygen atoms in total. The molecule has 0 saturated heterocycles. The maximum atomic E-state index is 12.8. The van der Waals surface area contributed by atoms with Crippen LogP contribution in [0.5, 0.6) is 11.5 Å². The van der Waals surface area contributed by atoms with Crippen molar-refractivity contribution in [2.45, 2.75) is 13.0 Å². The molecule has 0 aliphatic carbocycles. The van der Waals surface area contributed by atoms with E-state index in [-0.39, 0.29) is 11.7 Å². The van der Waals surface area contributed by atoms with E-state index in [0.717, 1.165) is 0 Å². The number of hydrogen-bond acceptors (Lipinski definition) is 3. The highest BCUT2D eigenvalue weighted by molar-refractivity contribution is 5.94. The second-order valence-corrected chi connectivity index (χ2v) is 4.44. The Morgan fingerprint density at radius 2 is 1.86 bits per heavy atom. The van der Waals surface area contributed by atoms with Crippen molar-refractivity contribution in [3.8, 4) is 11.5 Å². The van der Waals surface area contributed by atoms with Gasteiger partial charge in [0.1, 0.15) is 17.3 Å². The molecule has 0 aliphatic rings. The van der Waals surface area contributed by atoms with Crippen LogP contribution in [0.3, 0.4) is 0 Å². The number of ether oxygens (including phenoxy) is 2. The van der Waals surface area contributed by atoms with Gasteiger partial charge in [0.2, 0.25) is 0 Å². The molecule has 1 atom stereocenters. The molecule has 0 bridgehead atoms. The summed E-state index contributed by atoms with van der Waals surface area (Å²) in [6, 6.07) is 12.5. The van der Waals surface area contributed by atoms with Gasteiger partial charge in [0.15, 0.2) is 6.10 Å². The molecule has 21 heavy (non-hydrogen) atoms. The van der Waals surface area contributed by atoms with Gasteiger partial charge in [0, 0.05) is 11.8 Å². The third kappa shape index (κ3) is 4.21. The number of halogens is 1. The Morgan fingerprint density at radius 3 is 2.52 bits per heavy atom. The molecular formula is C16H16FNO3. The fraction of sp³-hybridized carbons (Fsp3) is 0.188. The summed E-state index contributed by atoms with van der Waals surface area (Å²) in [7, 11) is 1.56. The lowest BCUT2D eigenvalue weighted by Crippen LogP contribution is -2.30. The van der Waals surface area contributed by atoms with Crippen LogP contribution in [-0.2, 0) is 4.79 Å². The van der Waals surface area contributed by atoms with Gasteiger partial charge in [-0.25, -0.2) is 4.39 Å². The quantitative estimate of drug-likeness (QED) is 0.919. The van der Waals surface area contributed by atoms with Gasteiger partial charge in [-0.2, -0.15) is 0 Å². The van der Waals surface area contributed by atoms with Crippen LogP contribution in [0, 0.1) is 5.82 Å². The highest BCUT2D eigenvalue weighted by Gasteiger charge is 2.15. The first-order valence-corrected chi connectivity index (χ1v) is 6.45.